The van der Waals surface area contributed by atoms with Crippen molar-refractivity contribution < 1.29 is 9.53 Å². The highest BCUT2D eigenvalue weighted by Gasteiger charge is 2.32. The molecular weight excluding hydrogens is 294 g/mol. The Morgan fingerprint density at radius 1 is 1.40 bits per heavy atom. The van der Waals surface area contributed by atoms with Crippen LogP contribution in [0.1, 0.15) is 52.9 Å². The van der Waals surface area contributed by atoms with Gasteiger partial charge in [-0.1, -0.05) is 30.6 Å². The summed E-state index contributed by atoms with van der Waals surface area (Å²) >= 11 is 6.39. The molecule has 0 aromatic carbocycles. The monoisotopic (exact) mass is 315 g/mol. The fourth-order valence-electron chi connectivity index (χ4n) is 2.36. The van der Waals surface area contributed by atoms with Crippen LogP contribution < -0.4 is 4.90 Å². The fraction of sp³-hybridized carbons (Fsp3) is 0.769. The van der Waals surface area contributed by atoms with Gasteiger partial charge in [0.25, 0.3) is 0 Å². The van der Waals surface area contributed by atoms with Gasteiger partial charge in [0.05, 0.1) is 0 Å². The van der Waals surface area contributed by atoms with E-state index in [0.717, 1.165) is 25.7 Å². The largest absolute Gasteiger partial charge is 0.443 e. The number of carbonyl (C=O) groups is 1. The molecule has 5 nitrogen and oxygen atoms in total. The van der Waals surface area contributed by atoms with Crippen molar-refractivity contribution in [1.82, 2.24) is 10.2 Å². The third kappa shape index (κ3) is 4.02. The van der Waals surface area contributed by atoms with E-state index < -0.39 is 5.60 Å². The summed E-state index contributed by atoms with van der Waals surface area (Å²) in [6, 6.07) is 0.160. The van der Waals surface area contributed by atoms with E-state index in [0.29, 0.717) is 9.09 Å². The maximum Gasteiger partial charge on any atom is 0.416 e. The Morgan fingerprint density at radius 2 is 2.05 bits per heavy atom. The minimum Gasteiger partial charge on any atom is -0.443 e. The molecule has 1 aliphatic carbocycles. The van der Waals surface area contributed by atoms with Crippen LogP contribution in [0.4, 0.5) is 9.93 Å². The highest BCUT2D eigenvalue weighted by atomic mass is 32.1. The van der Waals surface area contributed by atoms with Crippen LogP contribution in [0.15, 0.2) is 0 Å². The fourth-order valence-corrected chi connectivity index (χ4v) is 3.30. The lowest BCUT2D eigenvalue weighted by atomic mass is 9.95. The van der Waals surface area contributed by atoms with E-state index in [1.165, 1.54) is 17.8 Å². The number of nitrogens with one attached hydrogen (secondary N) is 1. The number of aromatic nitrogens is 2. The van der Waals surface area contributed by atoms with E-state index in [1.807, 2.05) is 20.8 Å². The van der Waals surface area contributed by atoms with Crippen molar-refractivity contribution in [3.05, 3.63) is 3.95 Å². The molecule has 1 aromatic rings. The highest BCUT2D eigenvalue weighted by molar-refractivity contribution is 7.73. The number of hydrogen-bond donors (Lipinski definition) is 1. The second-order valence-electron chi connectivity index (χ2n) is 6.04. The molecule has 112 valence electrons. The van der Waals surface area contributed by atoms with Gasteiger partial charge in [0.1, 0.15) is 5.60 Å². The van der Waals surface area contributed by atoms with Crippen molar-refractivity contribution in [2.24, 2.45) is 0 Å². The molecule has 1 amide bonds. The summed E-state index contributed by atoms with van der Waals surface area (Å²) in [7, 11) is 0. The van der Waals surface area contributed by atoms with Crippen molar-refractivity contribution in [3.8, 4) is 0 Å². The van der Waals surface area contributed by atoms with Crippen molar-refractivity contribution in [3.63, 3.8) is 0 Å². The molecular formula is C13H21N3O2S2. The van der Waals surface area contributed by atoms with Gasteiger partial charge < -0.3 is 4.74 Å². The second kappa shape index (κ2) is 6.22. The number of nitrogens with zero attached hydrogens (tertiary/aromatic N) is 2. The molecule has 1 aromatic heterocycles. The molecule has 0 spiro atoms. The third-order valence-electron chi connectivity index (χ3n) is 3.16. The van der Waals surface area contributed by atoms with Crippen molar-refractivity contribution in [2.75, 3.05) is 4.90 Å². The van der Waals surface area contributed by atoms with Gasteiger partial charge in [0, 0.05) is 6.04 Å². The van der Waals surface area contributed by atoms with Crippen LogP contribution in [-0.4, -0.2) is 27.9 Å². The highest BCUT2D eigenvalue weighted by Crippen LogP contribution is 2.30. The van der Waals surface area contributed by atoms with E-state index in [2.05, 4.69) is 10.2 Å². The van der Waals surface area contributed by atoms with Crippen LogP contribution in [0.2, 0.25) is 0 Å². The lowest BCUT2D eigenvalue weighted by molar-refractivity contribution is 0.0557. The molecule has 1 heterocycles. The average Bonchev–Trinajstić information content (AvgIpc) is 2.75. The first-order chi connectivity index (χ1) is 9.37. The van der Waals surface area contributed by atoms with Crippen LogP contribution in [0.5, 0.6) is 0 Å². The minimum atomic E-state index is -0.512. The van der Waals surface area contributed by atoms with Gasteiger partial charge >= 0.3 is 6.09 Å². The molecule has 1 fully saturated rings. The molecule has 0 bridgehead atoms. The molecule has 0 unspecified atom stereocenters. The van der Waals surface area contributed by atoms with Gasteiger partial charge in [-0.15, -0.1) is 5.10 Å². The number of anilines is 1. The Labute approximate surface area is 128 Å². The Bertz CT molecular complexity index is 512. The molecule has 7 heteroatoms. The minimum absolute atomic E-state index is 0.160. The molecule has 20 heavy (non-hydrogen) atoms. The third-order valence-corrected chi connectivity index (χ3v) is 4.25. The lowest BCUT2D eigenvalue weighted by Crippen LogP contribution is -2.44. The summed E-state index contributed by atoms with van der Waals surface area (Å²) in [5, 5.41) is 7.50. The van der Waals surface area contributed by atoms with Gasteiger partial charge in [-0.05, 0) is 45.8 Å². The molecule has 1 saturated carbocycles. The van der Waals surface area contributed by atoms with Crippen LogP contribution in [0.25, 0.3) is 0 Å². The first-order valence-corrected chi connectivity index (χ1v) is 8.17. The van der Waals surface area contributed by atoms with Gasteiger partial charge in [-0.3, -0.25) is 5.10 Å². The molecule has 1 aliphatic rings. The predicted molar refractivity (Wildman–Crippen MR) is 82.9 cm³/mol. The summed E-state index contributed by atoms with van der Waals surface area (Å²) in [5.41, 5.74) is -0.512. The number of hydrogen-bond acceptors (Lipinski definition) is 5. The van der Waals surface area contributed by atoms with Crippen molar-refractivity contribution in [2.45, 2.75) is 64.5 Å². The Kier molecular flexibility index (Phi) is 4.80. The predicted octanol–water partition coefficient (Wildman–Crippen LogP) is 4.27. The van der Waals surface area contributed by atoms with Crippen LogP contribution in [0, 0.1) is 3.95 Å². The lowest BCUT2D eigenvalue weighted by Gasteiger charge is -2.33. The number of carbonyl (C=O) groups excluding carboxylic acids is 1. The molecule has 0 saturated heterocycles. The van der Waals surface area contributed by atoms with E-state index in [9.17, 15) is 4.79 Å². The first-order valence-electron chi connectivity index (χ1n) is 6.94. The molecule has 0 radical (unpaired) electrons. The average molecular weight is 315 g/mol. The first kappa shape index (κ1) is 15.4. The van der Waals surface area contributed by atoms with E-state index in [-0.39, 0.29) is 12.1 Å². The number of aromatic amines is 1. The van der Waals surface area contributed by atoms with Gasteiger partial charge in [-0.25, -0.2) is 9.69 Å². The van der Waals surface area contributed by atoms with Gasteiger partial charge in [-0.2, -0.15) is 0 Å². The number of ether oxygens (including phenoxy) is 1. The summed E-state index contributed by atoms with van der Waals surface area (Å²) in [4.78, 5) is 14.2. The maximum absolute atomic E-state index is 12.5. The number of H-pyrrole nitrogens is 1. The van der Waals surface area contributed by atoms with E-state index >= 15 is 0 Å². The topological polar surface area (TPSA) is 58.2 Å². The zero-order chi connectivity index (χ0) is 14.8. The van der Waals surface area contributed by atoms with Crippen LogP contribution in [0.3, 0.4) is 0 Å². The zero-order valence-electron chi connectivity index (χ0n) is 12.1. The van der Waals surface area contributed by atoms with Gasteiger partial charge in [0.2, 0.25) is 5.13 Å². The van der Waals surface area contributed by atoms with Crippen LogP contribution >= 0.6 is 23.6 Å². The normalized spacial score (nSPS) is 16.9. The molecule has 0 aliphatic heterocycles. The maximum atomic E-state index is 12.5. The smallest absolute Gasteiger partial charge is 0.416 e. The quantitative estimate of drug-likeness (QED) is 0.828. The Balaban J connectivity index is 2.23. The summed E-state index contributed by atoms with van der Waals surface area (Å²) in [6.45, 7) is 5.61. The molecule has 2 rings (SSSR count). The van der Waals surface area contributed by atoms with E-state index in [1.54, 1.807) is 4.90 Å². The Hall–Kier alpha value is -0.950. The molecule has 1 N–H and O–H groups in total. The summed E-state index contributed by atoms with van der Waals surface area (Å²) in [5.74, 6) is 0. The standard InChI is InChI=1S/C13H21N3O2S2/c1-13(2,3)18-12(17)16(9-7-5-4-6-8-9)10-14-15-11(19)20-10/h9H,4-8H2,1-3H3,(H,15,19). The van der Waals surface area contributed by atoms with Crippen molar-refractivity contribution in [1.29, 1.82) is 0 Å². The van der Waals surface area contributed by atoms with Crippen LogP contribution in [-0.2, 0) is 4.74 Å². The second-order valence-corrected chi connectivity index (χ2v) is 7.68. The number of rotatable bonds is 2. The number of amides is 1. The summed E-state index contributed by atoms with van der Waals surface area (Å²) in [6.07, 6.45) is 5.16. The van der Waals surface area contributed by atoms with Gasteiger partial charge in [0.15, 0.2) is 3.95 Å². The SMILES string of the molecule is CC(C)(C)OC(=O)N(c1n[nH]c(=S)s1)C1CCCCC1. The molecule has 0 atom stereocenters. The summed E-state index contributed by atoms with van der Waals surface area (Å²) < 4.78 is 6.10. The zero-order valence-corrected chi connectivity index (χ0v) is 13.8. The van der Waals surface area contributed by atoms with Crippen molar-refractivity contribution >= 4 is 34.8 Å². The van der Waals surface area contributed by atoms with E-state index in [4.69, 9.17) is 17.0 Å². The Morgan fingerprint density at radius 3 is 2.55 bits per heavy atom.